The van der Waals surface area contributed by atoms with Crippen LogP contribution in [0, 0.1) is 19.7 Å². The molecule has 0 aliphatic carbocycles. The molecular formula is C23H19F4NO2. The minimum Gasteiger partial charge on any atom is -0.406 e. The van der Waals surface area contributed by atoms with Crippen molar-refractivity contribution < 1.29 is 27.1 Å². The van der Waals surface area contributed by atoms with E-state index in [9.17, 15) is 22.4 Å². The summed E-state index contributed by atoms with van der Waals surface area (Å²) in [6.45, 7) is 3.66. The predicted molar refractivity (Wildman–Crippen MR) is 107 cm³/mol. The number of ether oxygens (including phenoxy) is 1. The van der Waals surface area contributed by atoms with Gasteiger partial charge in [0.25, 0.3) is 0 Å². The van der Waals surface area contributed by atoms with Gasteiger partial charge in [0.2, 0.25) is 5.91 Å². The number of alkyl halides is 3. The van der Waals surface area contributed by atoms with Gasteiger partial charge in [-0.05, 0) is 60.9 Å². The van der Waals surface area contributed by atoms with Crippen molar-refractivity contribution in [1.82, 2.24) is 0 Å². The normalized spacial score (nSPS) is 11.3. The van der Waals surface area contributed by atoms with Gasteiger partial charge in [-0.25, -0.2) is 4.39 Å². The first kappa shape index (κ1) is 21.4. The molecule has 3 nitrogen and oxygen atoms in total. The third kappa shape index (κ3) is 5.59. The fourth-order valence-electron chi connectivity index (χ4n) is 3.19. The second kappa shape index (κ2) is 8.57. The van der Waals surface area contributed by atoms with Gasteiger partial charge in [-0.2, -0.15) is 0 Å². The zero-order chi connectivity index (χ0) is 21.9. The lowest BCUT2D eigenvalue weighted by Gasteiger charge is -2.17. The molecule has 1 amide bonds. The van der Waals surface area contributed by atoms with Crippen molar-refractivity contribution in [3.63, 3.8) is 0 Å². The summed E-state index contributed by atoms with van der Waals surface area (Å²) in [5.41, 5.74) is 3.84. The number of amides is 1. The Kier molecular flexibility index (Phi) is 6.10. The molecule has 156 valence electrons. The highest BCUT2D eigenvalue weighted by Gasteiger charge is 2.31. The number of hydrogen-bond acceptors (Lipinski definition) is 2. The Morgan fingerprint density at radius 2 is 1.70 bits per heavy atom. The molecule has 0 saturated carbocycles. The van der Waals surface area contributed by atoms with Crippen LogP contribution in [0.1, 0.15) is 16.7 Å². The molecule has 3 rings (SSSR count). The highest BCUT2D eigenvalue weighted by Crippen LogP contribution is 2.35. The van der Waals surface area contributed by atoms with Crippen LogP contribution >= 0.6 is 0 Å². The van der Waals surface area contributed by atoms with Gasteiger partial charge in [0.05, 0.1) is 12.1 Å². The first-order valence-electron chi connectivity index (χ1n) is 9.12. The number of carbonyl (C=O) groups excluding carboxylic acids is 1. The maximum Gasteiger partial charge on any atom is 0.573 e. The Labute approximate surface area is 171 Å². The van der Waals surface area contributed by atoms with Crippen molar-refractivity contribution in [2.75, 3.05) is 5.32 Å². The number of nitrogens with one attached hydrogen (secondary N) is 1. The Morgan fingerprint density at radius 3 is 2.37 bits per heavy atom. The number of anilines is 1. The van der Waals surface area contributed by atoms with Crippen LogP contribution in [-0.2, 0) is 11.2 Å². The average molecular weight is 417 g/mol. The van der Waals surface area contributed by atoms with Crippen LogP contribution in [0.15, 0.2) is 60.7 Å². The fourth-order valence-corrected chi connectivity index (χ4v) is 3.19. The molecule has 0 aliphatic rings. The van der Waals surface area contributed by atoms with E-state index in [1.54, 1.807) is 19.1 Å². The average Bonchev–Trinajstić information content (AvgIpc) is 2.64. The number of hydrogen-bond donors (Lipinski definition) is 1. The standard InChI is InChI=1S/C23H19F4NO2/c1-14-10-15(2)22(28-21(29)12-16-6-8-18(24)9-7-16)20(11-14)17-4-3-5-19(13-17)30-23(25,26)27/h3-11,13H,12H2,1-2H3,(H,28,29). The van der Waals surface area contributed by atoms with E-state index >= 15 is 0 Å². The number of aryl methyl sites for hydroxylation is 2. The van der Waals surface area contributed by atoms with E-state index in [1.165, 1.54) is 42.5 Å². The predicted octanol–water partition coefficient (Wildman–Crippen LogP) is 6.19. The van der Waals surface area contributed by atoms with Gasteiger partial charge in [0, 0.05) is 5.56 Å². The van der Waals surface area contributed by atoms with E-state index < -0.39 is 12.2 Å². The summed E-state index contributed by atoms with van der Waals surface area (Å²) in [5, 5.41) is 2.84. The molecule has 0 unspecified atom stereocenters. The summed E-state index contributed by atoms with van der Waals surface area (Å²) >= 11 is 0. The Hall–Kier alpha value is -3.35. The third-order valence-corrected chi connectivity index (χ3v) is 4.40. The van der Waals surface area contributed by atoms with Crippen LogP contribution in [0.3, 0.4) is 0 Å². The lowest BCUT2D eigenvalue weighted by Crippen LogP contribution is -2.17. The van der Waals surface area contributed by atoms with E-state index in [-0.39, 0.29) is 18.1 Å². The van der Waals surface area contributed by atoms with Crippen molar-refractivity contribution >= 4 is 11.6 Å². The lowest BCUT2D eigenvalue weighted by molar-refractivity contribution is -0.274. The molecule has 3 aromatic carbocycles. The molecular weight excluding hydrogens is 398 g/mol. The number of benzene rings is 3. The van der Waals surface area contributed by atoms with Crippen molar-refractivity contribution in [3.05, 3.63) is 83.2 Å². The first-order valence-corrected chi connectivity index (χ1v) is 9.12. The minimum atomic E-state index is -4.80. The summed E-state index contributed by atoms with van der Waals surface area (Å²) in [4.78, 5) is 12.6. The minimum absolute atomic E-state index is 0.0320. The Balaban J connectivity index is 1.92. The van der Waals surface area contributed by atoms with Crippen LogP contribution in [-0.4, -0.2) is 12.3 Å². The van der Waals surface area contributed by atoms with E-state index in [0.29, 0.717) is 22.4 Å². The number of rotatable bonds is 5. The highest BCUT2D eigenvalue weighted by atomic mass is 19.4. The highest BCUT2D eigenvalue weighted by molar-refractivity contribution is 5.97. The zero-order valence-electron chi connectivity index (χ0n) is 16.3. The molecule has 0 spiro atoms. The second-order valence-corrected chi connectivity index (χ2v) is 6.93. The molecule has 0 saturated heterocycles. The van der Waals surface area contributed by atoms with Gasteiger partial charge >= 0.3 is 6.36 Å². The number of halogens is 4. The van der Waals surface area contributed by atoms with Crippen molar-refractivity contribution in [2.45, 2.75) is 26.6 Å². The van der Waals surface area contributed by atoms with Crippen LogP contribution in [0.4, 0.5) is 23.2 Å². The zero-order valence-corrected chi connectivity index (χ0v) is 16.3. The topological polar surface area (TPSA) is 38.3 Å². The van der Waals surface area contributed by atoms with Gasteiger partial charge < -0.3 is 10.1 Å². The van der Waals surface area contributed by atoms with E-state index in [1.807, 2.05) is 13.0 Å². The van der Waals surface area contributed by atoms with E-state index in [0.717, 1.165) is 11.1 Å². The molecule has 0 aromatic heterocycles. The Morgan fingerprint density at radius 1 is 1.00 bits per heavy atom. The van der Waals surface area contributed by atoms with Gasteiger partial charge in [0.15, 0.2) is 0 Å². The van der Waals surface area contributed by atoms with Crippen molar-refractivity contribution in [1.29, 1.82) is 0 Å². The fraction of sp³-hybridized carbons (Fsp3) is 0.174. The maximum absolute atomic E-state index is 13.1. The van der Waals surface area contributed by atoms with Gasteiger partial charge in [0.1, 0.15) is 11.6 Å². The smallest absolute Gasteiger partial charge is 0.406 e. The molecule has 0 radical (unpaired) electrons. The summed E-state index contributed by atoms with van der Waals surface area (Å²) in [6.07, 6.45) is -4.77. The van der Waals surface area contributed by atoms with Gasteiger partial charge in [-0.15, -0.1) is 13.2 Å². The molecule has 7 heteroatoms. The van der Waals surface area contributed by atoms with Gasteiger partial charge in [-0.1, -0.05) is 35.9 Å². The quantitative estimate of drug-likeness (QED) is 0.503. The SMILES string of the molecule is Cc1cc(C)c(NC(=O)Cc2ccc(F)cc2)c(-c2cccc(OC(F)(F)F)c2)c1. The molecule has 1 N–H and O–H groups in total. The monoisotopic (exact) mass is 417 g/mol. The van der Waals surface area contributed by atoms with Gasteiger partial charge in [-0.3, -0.25) is 4.79 Å². The number of carbonyl (C=O) groups is 1. The molecule has 3 aromatic rings. The third-order valence-electron chi connectivity index (χ3n) is 4.40. The molecule has 0 atom stereocenters. The van der Waals surface area contributed by atoms with Crippen molar-refractivity contribution in [3.8, 4) is 16.9 Å². The van der Waals surface area contributed by atoms with E-state index in [2.05, 4.69) is 10.1 Å². The van der Waals surface area contributed by atoms with Crippen LogP contribution < -0.4 is 10.1 Å². The molecule has 0 bridgehead atoms. The van der Waals surface area contributed by atoms with Crippen LogP contribution in [0.2, 0.25) is 0 Å². The first-order chi connectivity index (χ1) is 14.1. The molecule has 0 aliphatic heterocycles. The summed E-state index contributed by atoms with van der Waals surface area (Å²) in [6, 6.07) is 14.8. The second-order valence-electron chi connectivity index (χ2n) is 6.93. The van der Waals surface area contributed by atoms with Crippen molar-refractivity contribution in [2.24, 2.45) is 0 Å². The Bertz CT molecular complexity index is 1060. The largest absolute Gasteiger partial charge is 0.573 e. The van der Waals surface area contributed by atoms with Crippen LogP contribution in [0.25, 0.3) is 11.1 Å². The molecule has 0 fully saturated rings. The summed E-state index contributed by atoms with van der Waals surface area (Å²) in [5.74, 6) is -1.06. The summed E-state index contributed by atoms with van der Waals surface area (Å²) in [7, 11) is 0. The van der Waals surface area contributed by atoms with E-state index in [4.69, 9.17) is 0 Å². The molecule has 0 heterocycles. The lowest BCUT2D eigenvalue weighted by atomic mass is 9.97. The van der Waals surface area contributed by atoms with Crippen LogP contribution in [0.5, 0.6) is 5.75 Å². The maximum atomic E-state index is 13.1. The molecule has 30 heavy (non-hydrogen) atoms. The summed E-state index contributed by atoms with van der Waals surface area (Å²) < 4.78 is 54.8.